The van der Waals surface area contributed by atoms with Gasteiger partial charge >= 0.3 is 5.97 Å². The van der Waals surface area contributed by atoms with Crippen LogP contribution in [0.2, 0.25) is 0 Å². The molecule has 0 radical (unpaired) electrons. The number of rotatable bonds is 4. The van der Waals surface area contributed by atoms with Gasteiger partial charge in [-0.05, 0) is 33.2 Å². The highest BCUT2D eigenvalue weighted by molar-refractivity contribution is 7.13. The zero-order valence-corrected chi connectivity index (χ0v) is 13.6. The van der Waals surface area contributed by atoms with E-state index in [4.69, 9.17) is 4.74 Å². The van der Waals surface area contributed by atoms with Gasteiger partial charge in [0.1, 0.15) is 0 Å². The van der Waals surface area contributed by atoms with Crippen LogP contribution in [0.3, 0.4) is 0 Å². The summed E-state index contributed by atoms with van der Waals surface area (Å²) >= 11 is 1.64. The van der Waals surface area contributed by atoms with Gasteiger partial charge < -0.3 is 9.64 Å². The third-order valence-electron chi connectivity index (χ3n) is 4.59. The molecule has 3 rings (SSSR count). The Bertz CT molecular complexity index is 505. The van der Waals surface area contributed by atoms with Gasteiger partial charge in [0.15, 0.2) is 5.13 Å². The van der Waals surface area contributed by atoms with Gasteiger partial charge in [0, 0.05) is 30.6 Å². The van der Waals surface area contributed by atoms with Gasteiger partial charge in [-0.3, -0.25) is 9.69 Å². The van der Waals surface area contributed by atoms with Crippen LogP contribution >= 0.6 is 11.3 Å². The third-order valence-corrected chi connectivity index (χ3v) is 5.54. The normalized spacial score (nSPS) is 25.9. The van der Waals surface area contributed by atoms with Crippen molar-refractivity contribution in [2.75, 3.05) is 31.6 Å². The Kier molecular flexibility index (Phi) is 4.45. The van der Waals surface area contributed by atoms with E-state index >= 15 is 0 Å². The van der Waals surface area contributed by atoms with Crippen molar-refractivity contribution < 1.29 is 9.53 Å². The zero-order chi connectivity index (χ0) is 14.8. The predicted molar refractivity (Wildman–Crippen MR) is 83.9 cm³/mol. The molecule has 116 valence electrons. The Morgan fingerprint density at radius 1 is 1.43 bits per heavy atom. The first-order chi connectivity index (χ1) is 10.2. The molecule has 0 saturated carbocycles. The zero-order valence-electron chi connectivity index (χ0n) is 12.7. The lowest BCUT2D eigenvalue weighted by atomic mass is 10.1. The quantitative estimate of drug-likeness (QED) is 0.795. The van der Waals surface area contributed by atoms with E-state index in [0.717, 1.165) is 30.0 Å². The summed E-state index contributed by atoms with van der Waals surface area (Å²) in [6.45, 7) is 4.38. The molecule has 21 heavy (non-hydrogen) atoms. The number of carbonyl (C=O) groups is 1. The second-order valence-electron chi connectivity index (χ2n) is 5.89. The van der Waals surface area contributed by atoms with Crippen LogP contribution in [0, 0.1) is 0 Å². The van der Waals surface area contributed by atoms with Crippen LogP contribution in [0.15, 0.2) is 5.38 Å². The number of hydrogen-bond acceptors (Lipinski definition) is 6. The van der Waals surface area contributed by atoms with Gasteiger partial charge in [-0.25, -0.2) is 4.98 Å². The van der Waals surface area contributed by atoms with Gasteiger partial charge in [-0.1, -0.05) is 0 Å². The molecule has 5 nitrogen and oxygen atoms in total. The molecule has 2 unspecified atom stereocenters. The summed E-state index contributed by atoms with van der Waals surface area (Å²) in [6, 6.07) is 1.38. The van der Waals surface area contributed by atoms with Crippen LogP contribution in [-0.4, -0.2) is 54.7 Å². The second kappa shape index (κ2) is 6.32. The van der Waals surface area contributed by atoms with E-state index in [9.17, 15) is 4.79 Å². The lowest BCUT2D eigenvalue weighted by Gasteiger charge is -2.25. The molecule has 1 aromatic heterocycles. The van der Waals surface area contributed by atoms with Crippen molar-refractivity contribution in [3.63, 3.8) is 0 Å². The second-order valence-corrected chi connectivity index (χ2v) is 6.72. The maximum Gasteiger partial charge on any atom is 0.311 e. The summed E-state index contributed by atoms with van der Waals surface area (Å²) in [5, 5.41) is 3.04. The third kappa shape index (κ3) is 3.21. The van der Waals surface area contributed by atoms with E-state index in [0.29, 0.717) is 12.6 Å². The molecule has 0 amide bonds. The molecule has 2 atom stereocenters. The van der Waals surface area contributed by atoms with Crippen LogP contribution in [-0.2, 0) is 16.0 Å². The highest BCUT2D eigenvalue weighted by atomic mass is 32.1. The van der Waals surface area contributed by atoms with Crippen molar-refractivity contribution >= 4 is 22.4 Å². The van der Waals surface area contributed by atoms with Crippen molar-refractivity contribution in [1.82, 2.24) is 9.88 Å². The molecule has 2 saturated heterocycles. The summed E-state index contributed by atoms with van der Waals surface area (Å²) < 4.78 is 4.98. The first-order valence-corrected chi connectivity index (χ1v) is 8.62. The van der Waals surface area contributed by atoms with Crippen molar-refractivity contribution in [1.29, 1.82) is 0 Å². The van der Waals surface area contributed by atoms with Gasteiger partial charge in [0.25, 0.3) is 0 Å². The van der Waals surface area contributed by atoms with Crippen molar-refractivity contribution in [2.24, 2.45) is 0 Å². The SMILES string of the molecule is CCOC(=O)Cc1csc(N2CCC3CCC(C2)N3C)n1. The number of likely N-dealkylation sites (N-methyl/N-ethyl adjacent to an activating group) is 1. The van der Waals surface area contributed by atoms with E-state index in [1.807, 2.05) is 12.3 Å². The molecule has 1 aromatic rings. The predicted octanol–water partition coefficient (Wildman–Crippen LogP) is 1.92. The molecule has 0 spiro atoms. The summed E-state index contributed by atoms with van der Waals surface area (Å²) in [5.41, 5.74) is 0.830. The molecule has 6 heteroatoms. The van der Waals surface area contributed by atoms with Gasteiger partial charge in [-0.15, -0.1) is 11.3 Å². The molecule has 3 heterocycles. The fraction of sp³-hybridized carbons (Fsp3) is 0.733. The minimum atomic E-state index is -0.191. The number of aromatic nitrogens is 1. The van der Waals surface area contributed by atoms with E-state index in [1.54, 1.807) is 11.3 Å². The Morgan fingerprint density at radius 2 is 2.24 bits per heavy atom. The number of ether oxygens (including phenoxy) is 1. The molecular formula is C15H23N3O2S. The lowest BCUT2D eigenvalue weighted by molar-refractivity contribution is -0.142. The molecule has 2 aliphatic rings. The summed E-state index contributed by atoms with van der Waals surface area (Å²) in [6.07, 6.45) is 4.11. The van der Waals surface area contributed by atoms with E-state index in [-0.39, 0.29) is 12.4 Å². The molecule has 2 fully saturated rings. The highest BCUT2D eigenvalue weighted by Gasteiger charge is 2.35. The number of carbonyl (C=O) groups excluding carboxylic acids is 1. The number of esters is 1. The molecule has 0 aliphatic carbocycles. The van der Waals surface area contributed by atoms with Crippen molar-refractivity contribution in [3.05, 3.63) is 11.1 Å². The monoisotopic (exact) mass is 309 g/mol. The van der Waals surface area contributed by atoms with Crippen LogP contribution in [0.25, 0.3) is 0 Å². The summed E-state index contributed by atoms with van der Waals surface area (Å²) in [7, 11) is 2.25. The summed E-state index contributed by atoms with van der Waals surface area (Å²) in [5.74, 6) is -0.191. The Labute approximate surface area is 129 Å². The average Bonchev–Trinajstić information content (AvgIpc) is 2.96. The number of nitrogens with zero attached hydrogens (tertiary/aromatic N) is 3. The van der Waals surface area contributed by atoms with E-state index < -0.39 is 0 Å². The first-order valence-electron chi connectivity index (χ1n) is 7.74. The number of thiazole rings is 1. The van der Waals surface area contributed by atoms with Crippen LogP contribution in [0.4, 0.5) is 5.13 Å². The van der Waals surface area contributed by atoms with Crippen molar-refractivity contribution in [3.8, 4) is 0 Å². The van der Waals surface area contributed by atoms with Crippen LogP contribution < -0.4 is 4.90 Å². The molecule has 2 bridgehead atoms. The minimum absolute atomic E-state index is 0.191. The van der Waals surface area contributed by atoms with Crippen LogP contribution in [0.1, 0.15) is 31.9 Å². The van der Waals surface area contributed by atoms with Gasteiger partial charge in [0.05, 0.1) is 18.7 Å². The maximum atomic E-state index is 11.5. The molecule has 2 aliphatic heterocycles. The van der Waals surface area contributed by atoms with Gasteiger partial charge in [-0.2, -0.15) is 0 Å². The molecule has 0 N–H and O–H groups in total. The maximum absolute atomic E-state index is 11.5. The first kappa shape index (κ1) is 14.8. The topological polar surface area (TPSA) is 45.7 Å². The largest absolute Gasteiger partial charge is 0.466 e. The molecular weight excluding hydrogens is 286 g/mol. The minimum Gasteiger partial charge on any atom is -0.466 e. The summed E-state index contributed by atoms with van der Waals surface area (Å²) in [4.78, 5) is 21.1. The molecule has 0 aromatic carbocycles. The Balaban J connectivity index is 1.64. The standard InChI is InChI=1S/C15H23N3O2S/c1-3-20-14(19)8-11-10-21-15(16-11)18-7-6-12-4-5-13(9-18)17(12)2/h10,12-13H,3-9H2,1-2H3. The van der Waals surface area contributed by atoms with E-state index in [1.165, 1.54) is 19.3 Å². The highest BCUT2D eigenvalue weighted by Crippen LogP contribution is 2.31. The number of fused-ring (bicyclic) bond motifs is 2. The van der Waals surface area contributed by atoms with Crippen LogP contribution in [0.5, 0.6) is 0 Å². The Hall–Kier alpha value is -1.14. The van der Waals surface area contributed by atoms with Gasteiger partial charge in [0.2, 0.25) is 0 Å². The fourth-order valence-electron chi connectivity index (χ4n) is 3.37. The average molecular weight is 309 g/mol. The Morgan fingerprint density at radius 3 is 3.05 bits per heavy atom. The lowest BCUT2D eigenvalue weighted by Crippen LogP contribution is -2.36. The smallest absolute Gasteiger partial charge is 0.311 e. The number of hydrogen-bond donors (Lipinski definition) is 0. The van der Waals surface area contributed by atoms with Crippen molar-refractivity contribution in [2.45, 2.75) is 44.7 Å². The fourth-order valence-corrected chi connectivity index (χ4v) is 4.23. The number of anilines is 1. The van der Waals surface area contributed by atoms with E-state index in [2.05, 4.69) is 21.8 Å².